The van der Waals surface area contributed by atoms with Gasteiger partial charge in [0.15, 0.2) is 11.6 Å². The van der Waals surface area contributed by atoms with Gasteiger partial charge >= 0.3 is 0 Å². The number of H-pyrrole nitrogens is 1. The molecule has 0 radical (unpaired) electrons. The molecule has 1 aliphatic rings. The van der Waals surface area contributed by atoms with Crippen LogP contribution in [0.25, 0.3) is 10.9 Å². The molecule has 1 atom stereocenters. The highest BCUT2D eigenvalue weighted by atomic mass is 15.2. The van der Waals surface area contributed by atoms with Gasteiger partial charge in [0.2, 0.25) is 0 Å². The van der Waals surface area contributed by atoms with Crippen LogP contribution < -0.4 is 16.8 Å². The number of hydrogen-bond donors (Lipinski definition) is 4. The molecule has 2 heterocycles. The van der Waals surface area contributed by atoms with Gasteiger partial charge in [-0.15, -0.1) is 0 Å². The van der Waals surface area contributed by atoms with E-state index < -0.39 is 5.66 Å². The lowest BCUT2D eigenvalue weighted by Gasteiger charge is -2.25. The maximum Gasteiger partial charge on any atom is 0.195 e. The first-order valence-electron chi connectivity index (χ1n) is 5.19. The molecule has 6 nitrogen and oxygen atoms in total. The summed E-state index contributed by atoms with van der Waals surface area (Å²) < 4.78 is 0. The number of aromatic nitrogens is 2. The summed E-state index contributed by atoms with van der Waals surface area (Å²) in [7, 11) is 0. The molecule has 3 rings (SSSR count). The van der Waals surface area contributed by atoms with Crippen molar-refractivity contribution in [3.8, 4) is 0 Å². The van der Waals surface area contributed by atoms with Crippen molar-refractivity contribution < 1.29 is 0 Å². The lowest BCUT2D eigenvalue weighted by molar-refractivity contribution is 0.582. The number of aliphatic imine (C=N–C) groups is 1. The topological polar surface area (TPSA) is 105 Å². The molecule has 1 aromatic heterocycles. The Balaban J connectivity index is 2.13. The first-order chi connectivity index (χ1) is 8.17. The number of nitrogens with zero attached hydrogens (tertiary/aromatic N) is 2. The fourth-order valence-corrected chi connectivity index (χ4v) is 1.88. The van der Waals surface area contributed by atoms with Gasteiger partial charge in [0.25, 0.3) is 0 Å². The van der Waals surface area contributed by atoms with E-state index in [2.05, 4.69) is 20.5 Å². The van der Waals surface area contributed by atoms with Crippen LogP contribution in [0.15, 0.2) is 41.7 Å². The zero-order valence-corrected chi connectivity index (χ0v) is 9.01. The fraction of sp³-hybridized carbons (Fsp3) is 0.0909. The Morgan fingerprint density at radius 3 is 3.00 bits per heavy atom. The molecule has 0 spiro atoms. The van der Waals surface area contributed by atoms with Gasteiger partial charge in [-0.2, -0.15) is 5.10 Å². The number of hydrogen-bond acceptors (Lipinski definition) is 5. The molecule has 17 heavy (non-hydrogen) atoms. The minimum Gasteiger partial charge on any atom is -0.370 e. The summed E-state index contributed by atoms with van der Waals surface area (Å²) in [5, 5.41) is 10.6. The largest absolute Gasteiger partial charge is 0.370 e. The molecule has 0 saturated heterocycles. The molecule has 6 N–H and O–H groups in total. The van der Waals surface area contributed by atoms with Crippen LogP contribution >= 0.6 is 0 Å². The van der Waals surface area contributed by atoms with Crippen LogP contribution in [0.4, 0.5) is 0 Å². The highest BCUT2D eigenvalue weighted by molar-refractivity contribution is 5.82. The zero-order chi connectivity index (χ0) is 11.9. The van der Waals surface area contributed by atoms with Crippen LogP contribution in [0.1, 0.15) is 5.56 Å². The monoisotopic (exact) mass is 228 g/mol. The third-order valence-electron chi connectivity index (χ3n) is 2.78. The standard InChI is InChI=1S/C11H12N6/c12-10-14-4-3-11(13,16-10)8-1-2-9-7(5-8)6-15-17-9/h1-6H,13H2,(H,15,17)(H3,12,14,16). The quantitative estimate of drug-likeness (QED) is 0.555. The second-order valence-electron chi connectivity index (χ2n) is 3.97. The van der Waals surface area contributed by atoms with E-state index in [-0.39, 0.29) is 0 Å². The van der Waals surface area contributed by atoms with Crippen molar-refractivity contribution in [3.05, 3.63) is 42.2 Å². The minimum absolute atomic E-state index is 0.308. The Labute approximate surface area is 97.4 Å². The minimum atomic E-state index is -0.916. The maximum atomic E-state index is 6.21. The molecule has 0 aliphatic carbocycles. The lowest BCUT2D eigenvalue weighted by Crippen LogP contribution is -2.42. The Morgan fingerprint density at radius 1 is 1.29 bits per heavy atom. The predicted molar refractivity (Wildman–Crippen MR) is 65.9 cm³/mol. The third kappa shape index (κ3) is 1.55. The molecule has 6 heteroatoms. The lowest BCUT2D eigenvalue weighted by atomic mass is 9.99. The van der Waals surface area contributed by atoms with E-state index in [1.165, 1.54) is 0 Å². The molecule has 1 unspecified atom stereocenters. The van der Waals surface area contributed by atoms with Gasteiger partial charge in [0, 0.05) is 11.6 Å². The summed E-state index contributed by atoms with van der Waals surface area (Å²) in [5.74, 6) is 0.308. The van der Waals surface area contributed by atoms with E-state index >= 15 is 0 Å². The van der Waals surface area contributed by atoms with Crippen LogP contribution in [0, 0.1) is 0 Å². The maximum absolute atomic E-state index is 6.21. The highest BCUT2D eigenvalue weighted by Crippen LogP contribution is 2.25. The van der Waals surface area contributed by atoms with Gasteiger partial charge < -0.3 is 11.1 Å². The molecule has 0 saturated carbocycles. The zero-order valence-electron chi connectivity index (χ0n) is 9.01. The third-order valence-corrected chi connectivity index (χ3v) is 2.78. The van der Waals surface area contributed by atoms with E-state index in [1.807, 2.05) is 18.2 Å². The first-order valence-corrected chi connectivity index (χ1v) is 5.19. The highest BCUT2D eigenvalue weighted by Gasteiger charge is 2.26. The summed E-state index contributed by atoms with van der Waals surface area (Å²) in [6, 6.07) is 5.78. The number of nitrogens with one attached hydrogen (secondary N) is 2. The van der Waals surface area contributed by atoms with E-state index in [1.54, 1.807) is 18.5 Å². The van der Waals surface area contributed by atoms with Gasteiger partial charge in [-0.25, -0.2) is 4.99 Å². The Kier molecular flexibility index (Phi) is 1.93. The van der Waals surface area contributed by atoms with Crippen LogP contribution in [0.2, 0.25) is 0 Å². The van der Waals surface area contributed by atoms with Gasteiger partial charge in [-0.05, 0) is 23.8 Å². The summed E-state index contributed by atoms with van der Waals surface area (Å²) in [5.41, 5.74) is 12.8. The molecule has 2 aromatic rings. The Morgan fingerprint density at radius 2 is 2.18 bits per heavy atom. The van der Waals surface area contributed by atoms with Crippen LogP contribution in [0.3, 0.4) is 0 Å². The number of rotatable bonds is 1. The molecule has 0 amide bonds. The molecular formula is C11H12N6. The molecule has 1 aromatic carbocycles. The van der Waals surface area contributed by atoms with Gasteiger partial charge in [0.05, 0.1) is 11.7 Å². The van der Waals surface area contributed by atoms with Gasteiger partial charge in [-0.3, -0.25) is 10.8 Å². The smallest absolute Gasteiger partial charge is 0.195 e. The van der Waals surface area contributed by atoms with E-state index in [9.17, 15) is 0 Å². The van der Waals surface area contributed by atoms with E-state index in [4.69, 9.17) is 11.5 Å². The number of fused-ring (bicyclic) bond motifs is 1. The Hall–Kier alpha value is -2.34. The van der Waals surface area contributed by atoms with E-state index in [0.29, 0.717) is 5.96 Å². The van der Waals surface area contributed by atoms with Crippen molar-refractivity contribution in [2.75, 3.05) is 0 Å². The van der Waals surface area contributed by atoms with Crippen molar-refractivity contribution >= 4 is 16.9 Å². The Bertz CT molecular complexity index is 626. The molecular weight excluding hydrogens is 216 g/mol. The van der Waals surface area contributed by atoms with Gasteiger partial charge in [-0.1, -0.05) is 6.07 Å². The van der Waals surface area contributed by atoms with Crippen LogP contribution in [-0.4, -0.2) is 16.2 Å². The molecule has 0 fully saturated rings. The molecule has 86 valence electrons. The van der Waals surface area contributed by atoms with Crippen LogP contribution in [-0.2, 0) is 5.66 Å². The summed E-state index contributed by atoms with van der Waals surface area (Å²) in [6.07, 6.45) is 5.21. The van der Waals surface area contributed by atoms with E-state index in [0.717, 1.165) is 16.5 Å². The average Bonchev–Trinajstić information content (AvgIpc) is 2.75. The number of benzene rings is 1. The second kappa shape index (κ2) is 3.33. The van der Waals surface area contributed by atoms with Gasteiger partial charge in [0.1, 0.15) is 0 Å². The summed E-state index contributed by atoms with van der Waals surface area (Å²) >= 11 is 0. The summed E-state index contributed by atoms with van der Waals surface area (Å²) in [6.45, 7) is 0. The van der Waals surface area contributed by atoms with Crippen molar-refractivity contribution in [1.82, 2.24) is 15.5 Å². The second-order valence-corrected chi connectivity index (χ2v) is 3.97. The number of aromatic amines is 1. The van der Waals surface area contributed by atoms with Crippen molar-refractivity contribution in [1.29, 1.82) is 0 Å². The number of nitrogens with two attached hydrogens (primary N) is 2. The normalized spacial score (nSPS) is 23.5. The first kappa shape index (κ1) is 9.86. The summed E-state index contributed by atoms with van der Waals surface area (Å²) in [4.78, 5) is 4.22. The number of guanidine groups is 1. The van der Waals surface area contributed by atoms with Crippen LogP contribution in [0.5, 0.6) is 0 Å². The van der Waals surface area contributed by atoms with Crippen molar-refractivity contribution in [2.45, 2.75) is 5.66 Å². The molecule has 0 bridgehead atoms. The predicted octanol–water partition coefficient (Wildman–Crippen LogP) is 0.106. The molecule has 1 aliphatic heterocycles. The van der Waals surface area contributed by atoms with Crippen molar-refractivity contribution in [2.24, 2.45) is 16.5 Å². The van der Waals surface area contributed by atoms with Crippen molar-refractivity contribution in [3.63, 3.8) is 0 Å². The fourth-order valence-electron chi connectivity index (χ4n) is 1.88. The SMILES string of the molecule is NC1=NC(N)(c2ccc3[nH]ncc3c2)C=CN1. The average molecular weight is 228 g/mol.